The highest BCUT2D eigenvalue weighted by atomic mass is 35.5. The largest absolute Gasteiger partial charge is 0.493 e. The van der Waals surface area contributed by atoms with Crippen LogP contribution in [0.5, 0.6) is 11.8 Å². The Morgan fingerprint density at radius 2 is 1.66 bits per heavy atom. The first-order valence-corrected chi connectivity index (χ1v) is 9.69. The van der Waals surface area contributed by atoms with Gasteiger partial charge in [0.15, 0.2) is 11.6 Å². The summed E-state index contributed by atoms with van der Waals surface area (Å²) in [6.07, 6.45) is 0. The number of nitrogens with two attached hydrogens (primary N) is 1. The van der Waals surface area contributed by atoms with Gasteiger partial charge in [0.1, 0.15) is 5.75 Å². The van der Waals surface area contributed by atoms with E-state index in [0.29, 0.717) is 35.4 Å². The lowest BCUT2D eigenvalue weighted by atomic mass is 9.99. The van der Waals surface area contributed by atoms with Gasteiger partial charge in [0, 0.05) is 17.7 Å². The molecule has 0 radical (unpaired) electrons. The van der Waals surface area contributed by atoms with Crippen molar-refractivity contribution in [1.29, 1.82) is 0 Å². The molecule has 0 saturated heterocycles. The van der Waals surface area contributed by atoms with Gasteiger partial charge >= 0.3 is 6.01 Å². The van der Waals surface area contributed by atoms with Crippen molar-refractivity contribution in [1.82, 2.24) is 15.0 Å². The topological polar surface area (TPSA) is 83.2 Å². The molecule has 0 fully saturated rings. The van der Waals surface area contributed by atoms with E-state index in [-0.39, 0.29) is 11.4 Å². The molecule has 0 aliphatic heterocycles. The average Bonchev–Trinajstić information content (AvgIpc) is 2.72. The molecule has 0 atom stereocenters. The zero-order valence-electron chi connectivity index (χ0n) is 17.1. The van der Waals surface area contributed by atoms with Crippen LogP contribution in [0.25, 0.3) is 22.8 Å². The van der Waals surface area contributed by atoms with Gasteiger partial charge < -0.3 is 15.2 Å². The summed E-state index contributed by atoms with van der Waals surface area (Å²) in [4.78, 5) is 13.3. The lowest BCUT2D eigenvalue weighted by Gasteiger charge is -2.18. The van der Waals surface area contributed by atoms with Gasteiger partial charge in [-0.15, -0.1) is 0 Å². The quantitative estimate of drug-likeness (QED) is 0.628. The number of benzene rings is 2. The normalized spacial score (nSPS) is 11.4. The predicted octanol–water partition coefficient (Wildman–Crippen LogP) is 4.75. The van der Waals surface area contributed by atoms with Gasteiger partial charge in [0.25, 0.3) is 0 Å². The van der Waals surface area contributed by atoms with E-state index >= 15 is 0 Å². The molecule has 152 valence electrons. The minimum atomic E-state index is 0.0898. The molecule has 1 aromatic heterocycles. The molecule has 6 nitrogen and oxygen atoms in total. The molecule has 0 unspecified atom stereocenters. The lowest BCUT2D eigenvalue weighted by Crippen LogP contribution is -2.16. The number of rotatable bonds is 6. The molecule has 0 amide bonds. The Balaban J connectivity index is 1.95. The van der Waals surface area contributed by atoms with Gasteiger partial charge in [-0.2, -0.15) is 9.97 Å². The Bertz CT molecular complexity index is 985. The number of methoxy groups -OCH3 is 1. The first-order valence-electron chi connectivity index (χ1n) is 9.31. The summed E-state index contributed by atoms with van der Waals surface area (Å²) < 4.78 is 11.1. The van der Waals surface area contributed by atoms with E-state index < -0.39 is 0 Å². The second-order valence-electron chi connectivity index (χ2n) is 7.86. The standard InChI is InChI=1S/C22H25ClN4O2/c1-22(2,3)13-29-16-8-6-15(7-9-16)19-25-20(27-21(26-19)28-4)17-11-14(12-24)5-10-18(17)23/h5-11H,12-13,24H2,1-4H3. The van der Waals surface area contributed by atoms with Crippen LogP contribution in [-0.2, 0) is 6.54 Å². The van der Waals surface area contributed by atoms with E-state index in [1.165, 1.54) is 7.11 Å². The fourth-order valence-electron chi connectivity index (χ4n) is 2.57. The molecule has 3 rings (SSSR count). The summed E-state index contributed by atoms with van der Waals surface area (Å²) in [6, 6.07) is 13.4. The molecular weight excluding hydrogens is 388 g/mol. The van der Waals surface area contributed by atoms with Gasteiger partial charge in [-0.05, 0) is 47.4 Å². The number of ether oxygens (including phenoxy) is 2. The van der Waals surface area contributed by atoms with Crippen molar-refractivity contribution >= 4 is 11.6 Å². The Morgan fingerprint density at radius 1 is 0.966 bits per heavy atom. The van der Waals surface area contributed by atoms with Crippen LogP contribution in [0.3, 0.4) is 0 Å². The highest BCUT2D eigenvalue weighted by molar-refractivity contribution is 6.33. The molecule has 3 aromatic rings. The summed E-state index contributed by atoms with van der Waals surface area (Å²) in [5, 5.41) is 0.535. The molecule has 0 aliphatic rings. The minimum absolute atomic E-state index is 0.0898. The van der Waals surface area contributed by atoms with E-state index in [1.54, 1.807) is 6.07 Å². The number of hydrogen-bond acceptors (Lipinski definition) is 6. The van der Waals surface area contributed by atoms with Crippen molar-refractivity contribution in [3.05, 3.63) is 53.1 Å². The molecule has 0 spiro atoms. The summed E-state index contributed by atoms with van der Waals surface area (Å²) >= 11 is 6.38. The van der Waals surface area contributed by atoms with E-state index in [1.807, 2.05) is 36.4 Å². The van der Waals surface area contributed by atoms with Crippen LogP contribution in [0.15, 0.2) is 42.5 Å². The van der Waals surface area contributed by atoms with E-state index in [0.717, 1.165) is 16.9 Å². The van der Waals surface area contributed by atoms with Crippen molar-refractivity contribution < 1.29 is 9.47 Å². The van der Waals surface area contributed by atoms with Crippen LogP contribution in [0.4, 0.5) is 0 Å². The summed E-state index contributed by atoms with van der Waals surface area (Å²) in [7, 11) is 1.52. The summed E-state index contributed by atoms with van der Waals surface area (Å²) in [5.74, 6) is 1.72. The Hall–Kier alpha value is -2.70. The predicted molar refractivity (Wildman–Crippen MR) is 115 cm³/mol. The second-order valence-corrected chi connectivity index (χ2v) is 8.27. The second kappa shape index (κ2) is 8.76. The molecule has 0 saturated carbocycles. The van der Waals surface area contributed by atoms with Gasteiger partial charge in [-0.1, -0.05) is 38.4 Å². The van der Waals surface area contributed by atoms with E-state index in [4.69, 9.17) is 26.8 Å². The molecule has 2 aromatic carbocycles. The molecule has 2 N–H and O–H groups in total. The maximum Gasteiger partial charge on any atom is 0.320 e. The molecular formula is C22H25ClN4O2. The zero-order chi connectivity index (χ0) is 21.0. The Labute approximate surface area is 176 Å². The van der Waals surface area contributed by atoms with Crippen molar-refractivity contribution in [3.8, 4) is 34.5 Å². The molecule has 0 aliphatic carbocycles. The summed E-state index contributed by atoms with van der Waals surface area (Å²) in [5.41, 5.74) is 8.28. The highest BCUT2D eigenvalue weighted by Gasteiger charge is 2.15. The van der Waals surface area contributed by atoms with Crippen molar-refractivity contribution in [2.75, 3.05) is 13.7 Å². The SMILES string of the molecule is COc1nc(-c2ccc(OCC(C)(C)C)cc2)nc(-c2cc(CN)ccc2Cl)n1. The van der Waals surface area contributed by atoms with Crippen LogP contribution >= 0.6 is 11.6 Å². The number of halogens is 1. The smallest absolute Gasteiger partial charge is 0.320 e. The maximum absolute atomic E-state index is 6.38. The van der Waals surface area contributed by atoms with Gasteiger partial charge in [-0.25, -0.2) is 4.98 Å². The van der Waals surface area contributed by atoms with Crippen LogP contribution in [0.1, 0.15) is 26.3 Å². The molecule has 1 heterocycles. The molecule has 29 heavy (non-hydrogen) atoms. The van der Waals surface area contributed by atoms with Crippen LogP contribution in [-0.4, -0.2) is 28.7 Å². The van der Waals surface area contributed by atoms with E-state index in [2.05, 4.69) is 35.7 Å². The number of nitrogens with zero attached hydrogens (tertiary/aromatic N) is 3. The Kier molecular flexibility index (Phi) is 6.35. The minimum Gasteiger partial charge on any atom is -0.493 e. The van der Waals surface area contributed by atoms with Crippen molar-refractivity contribution in [3.63, 3.8) is 0 Å². The van der Waals surface area contributed by atoms with Crippen molar-refractivity contribution in [2.24, 2.45) is 11.1 Å². The lowest BCUT2D eigenvalue weighted by molar-refractivity contribution is 0.198. The number of hydrogen-bond donors (Lipinski definition) is 1. The summed E-state index contributed by atoms with van der Waals surface area (Å²) in [6.45, 7) is 7.42. The maximum atomic E-state index is 6.38. The first kappa shape index (κ1) is 21.0. The average molecular weight is 413 g/mol. The van der Waals surface area contributed by atoms with Crippen molar-refractivity contribution in [2.45, 2.75) is 27.3 Å². The number of aromatic nitrogens is 3. The Morgan fingerprint density at radius 3 is 2.28 bits per heavy atom. The fraction of sp³-hybridized carbons (Fsp3) is 0.318. The fourth-order valence-corrected chi connectivity index (χ4v) is 2.77. The highest BCUT2D eigenvalue weighted by Crippen LogP contribution is 2.29. The van der Waals surface area contributed by atoms with Crippen LogP contribution in [0, 0.1) is 5.41 Å². The van der Waals surface area contributed by atoms with Gasteiger partial charge in [0.05, 0.1) is 18.7 Å². The first-order chi connectivity index (χ1) is 13.8. The molecule has 0 bridgehead atoms. The van der Waals surface area contributed by atoms with E-state index in [9.17, 15) is 0 Å². The van der Waals surface area contributed by atoms with Gasteiger partial charge in [0.2, 0.25) is 0 Å². The monoisotopic (exact) mass is 412 g/mol. The zero-order valence-corrected chi connectivity index (χ0v) is 17.8. The third-order valence-corrected chi connectivity index (χ3v) is 4.42. The third kappa shape index (κ3) is 5.43. The molecule has 7 heteroatoms. The van der Waals surface area contributed by atoms with Crippen LogP contribution in [0.2, 0.25) is 5.02 Å². The van der Waals surface area contributed by atoms with Crippen LogP contribution < -0.4 is 15.2 Å². The van der Waals surface area contributed by atoms with Gasteiger partial charge in [-0.3, -0.25) is 0 Å². The third-order valence-electron chi connectivity index (χ3n) is 4.09.